The molecule has 0 spiro atoms. The number of aryl methyl sites for hydroxylation is 2. The lowest BCUT2D eigenvalue weighted by Gasteiger charge is -2.08. The number of carbonyl (C=O) groups is 1. The van der Waals surface area contributed by atoms with Crippen LogP contribution >= 0.6 is 11.3 Å². The van der Waals surface area contributed by atoms with Crippen molar-refractivity contribution in [2.24, 2.45) is 0 Å². The largest absolute Gasteiger partial charge is 0.306 e. The third-order valence-corrected chi connectivity index (χ3v) is 4.59. The standard InChI is InChI=1S/C15H13N3OS/c16-8-10-5-6-14(17-9-10)18-15(19)13-7-11-3-1-2-4-12(11)20-13/h5-7,9H,1-4H2,(H,17,18,19). The molecule has 2 aromatic rings. The number of thiophene rings is 1. The van der Waals surface area contributed by atoms with Gasteiger partial charge in [0.2, 0.25) is 0 Å². The molecule has 0 aliphatic heterocycles. The lowest BCUT2D eigenvalue weighted by Crippen LogP contribution is -2.11. The minimum Gasteiger partial charge on any atom is -0.306 e. The number of aromatic nitrogens is 1. The Kier molecular flexibility index (Phi) is 3.48. The van der Waals surface area contributed by atoms with E-state index in [4.69, 9.17) is 5.26 Å². The first-order chi connectivity index (χ1) is 9.76. The van der Waals surface area contributed by atoms with E-state index < -0.39 is 0 Å². The summed E-state index contributed by atoms with van der Waals surface area (Å²) < 4.78 is 0. The van der Waals surface area contributed by atoms with Gasteiger partial charge in [-0.15, -0.1) is 11.3 Å². The second-order valence-corrected chi connectivity index (χ2v) is 5.90. The average molecular weight is 283 g/mol. The van der Waals surface area contributed by atoms with Crippen LogP contribution in [0.2, 0.25) is 0 Å². The Hall–Kier alpha value is -2.19. The molecule has 0 fully saturated rings. The SMILES string of the molecule is N#Cc1ccc(NC(=O)c2cc3c(s2)CCCC3)nc1. The van der Waals surface area contributed by atoms with Crippen LogP contribution < -0.4 is 5.32 Å². The van der Waals surface area contributed by atoms with Gasteiger partial charge in [-0.2, -0.15) is 5.26 Å². The second kappa shape index (κ2) is 5.43. The lowest BCUT2D eigenvalue weighted by molar-refractivity contribution is 0.103. The maximum absolute atomic E-state index is 12.2. The molecule has 2 heterocycles. The van der Waals surface area contributed by atoms with E-state index in [0.717, 1.165) is 17.7 Å². The fourth-order valence-electron chi connectivity index (χ4n) is 2.31. The molecular weight excluding hydrogens is 270 g/mol. The van der Waals surface area contributed by atoms with Gasteiger partial charge in [0.1, 0.15) is 11.9 Å². The van der Waals surface area contributed by atoms with E-state index in [-0.39, 0.29) is 5.91 Å². The summed E-state index contributed by atoms with van der Waals surface area (Å²) in [6.45, 7) is 0. The molecule has 0 unspecified atom stereocenters. The summed E-state index contributed by atoms with van der Waals surface area (Å²) in [5.74, 6) is 0.349. The number of hydrogen-bond donors (Lipinski definition) is 1. The normalized spacial score (nSPS) is 13.3. The highest BCUT2D eigenvalue weighted by molar-refractivity contribution is 7.14. The highest BCUT2D eigenvalue weighted by Crippen LogP contribution is 2.29. The molecule has 3 rings (SSSR count). The molecular formula is C15H13N3OS. The highest BCUT2D eigenvalue weighted by Gasteiger charge is 2.17. The van der Waals surface area contributed by atoms with Crippen molar-refractivity contribution in [3.63, 3.8) is 0 Å². The van der Waals surface area contributed by atoms with E-state index >= 15 is 0 Å². The molecule has 2 aromatic heterocycles. The van der Waals surface area contributed by atoms with Gasteiger partial charge in [-0.25, -0.2) is 4.98 Å². The van der Waals surface area contributed by atoms with E-state index in [9.17, 15) is 4.79 Å². The van der Waals surface area contributed by atoms with Crippen LogP contribution in [0.15, 0.2) is 24.4 Å². The van der Waals surface area contributed by atoms with Gasteiger partial charge in [0.05, 0.1) is 10.4 Å². The number of amides is 1. The van der Waals surface area contributed by atoms with E-state index in [2.05, 4.69) is 10.3 Å². The molecule has 1 amide bonds. The van der Waals surface area contributed by atoms with Crippen molar-refractivity contribution in [3.8, 4) is 6.07 Å². The number of carbonyl (C=O) groups excluding carboxylic acids is 1. The van der Waals surface area contributed by atoms with Crippen molar-refractivity contribution in [1.29, 1.82) is 5.26 Å². The Morgan fingerprint density at radius 1 is 1.35 bits per heavy atom. The van der Waals surface area contributed by atoms with Crippen molar-refractivity contribution >= 4 is 23.1 Å². The fraction of sp³-hybridized carbons (Fsp3) is 0.267. The molecule has 0 aromatic carbocycles. The quantitative estimate of drug-likeness (QED) is 0.920. The Balaban J connectivity index is 1.75. The van der Waals surface area contributed by atoms with Gasteiger partial charge < -0.3 is 5.32 Å². The monoisotopic (exact) mass is 283 g/mol. The zero-order valence-electron chi connectivity index (χ0n) is 10.8. The van der Waals surface area contributed by atoms with Crippen molar-refractivity contribution in [3.05, 3.63) is 45.3 Å². The predicted molar refractivity (Wildman–Crippen MR) is 77.9 cm³/mol. The summed E-state index contributed by atoms with van der Waals surface area (Å²) in [6, 6.07) is 7.28. The van der Waals surface area contributed by atoms with Gasteiger partial charge in [-0.3, -0.25) is 4.79 Å². The van der Waals surface area contributed by atoms with Crippen LogP contribution in [0.3, 0.4) is 0 Å². The van der Waals surface area contributed by atoms with Crippen molar-refractivity contribution in [2.45, 2.75) is 25.7 Å². The summed E-state index contributed by atoms with van der Waals surface area (Å²) in [4.78, 5) is 18.3. The van der Waals surface area contributed by atoms with Gasteiger partial charge in [0.15, 0.2) is 0 Å². The molecule has 0 saturated carbocycles. The topological polar surface area (TPSA) is 65.8 Å². The van der Waals surface area contributed by atoms with Gasteiger partial charge in [0.25, 0.3) is 5.91 Å². The van der Waals surface area contributed by atoms with Crippen LogP contribution in [0.25, 0.3) is 0 Å². The third-order valence-electron chi connectivity index (χ3n) is 3.35. The minimum atomic E-state index is -0.124. The number of anilines is 1. The number of rotatable bonds is 2. The average Bonchev–Trinajstić information content (AvgIpc) is 2.92. The van der Waals surface area contributed by atoms with Crippen LogP contribution in [0.5, 0.6) is 0 Å². The summed E-state index contributed by atoms with van der Waals surface area (Å²) in [5, 5.41) is 11.5. The Morgan fingerprint density at radius 2 is 2.20 bits per heavy atom. The van der Waals surface area contributed by atoms with Crippen LogP contribution in [-0.4, -0.2) is 10.9 Å². The van der Waals surface area contributed by atoms with Crippen LogP contribution in [0, 0.1) is 11.3 Å². The van der Waals surface area contributed by atoms with Crippen molar-refractivity contribution in [2.75, 3.05) is 5.32 Å². The molecule has 20 heavy (non-hydrogen) atoms. The molecule has 100 valence electrons. The summed E-state index contributed by atoms with van der Waals surface area (Å²) >= 11 is 1.58. The maximum atomic E-state index is 12.2. The first kappa shape index (κ1) is 12.8. The molecule has 0 saturated heterocycles. The number of nitrogens with zero attached hydrogens (tertiary/aromatic N) is 2. The van der Waals surface area contributed by atoms with Crippen LogP contribution in [-0.2, 0) is 12.8 Å². The number of hydrogen-bond acceptors (Lipinski definition) is 4. The Bertz CT molecular complexity index is 659. The van der Waals surface area contributed by atoms with Crippen molar-refractivity contribution in [1.82, 2.24) is 4.98 Å². The zero-order chi connectivity index (χ0) is 13.9. The van der Waals surface area contributed by atoms with Crippen LogP contribution in [0.1, 0.15) is 38.5 Å². The summed E-state index contributed by atoms with van der Waals surface area (Å²) in [5.41, 5.74) is 1.80. The van der Waals surface area contributed by atoms with Crippen molar-refractivity contribution < 1.29 is 4.79 Å². The number of pyridine rings is 1. The summed E-state index contributed by atoms with van der Waals surface area (Å²) in [6.07, 6.45) is 6.04. The number of fused-ring (bicyclic) bond motifs is 1. The molecule has 0 bridgehead atoms. The number of nitriles is 1. The van der Waals surface area contributed by atoms with Gasteiger partial charge in [-0.05, 0) is 49.4 Å². The highest BCUT2D eigenvalue weighted by atomic mass is 32.1. The zero-order valence-corrected chi connectivity index (χ0v) is 11.7. The van der Waals surface area contributed by atoms with E-state index in [1.165, 1.54) is 29.5 Å². The second-order valence-electron chi connectivity index (χ2n) is 4.76. The van der Waals surface area contributed by atoms with Crippen LogP contribution in [0.4, 0.5) is 5.82 Å². The molecule has 0 radical (unpaired) electrons. The van der Waals surface area contributed by atoms with Gasteiger partial charge >= 0.3 is 0 Å². The molecule has 1 N–H and O–H groups in total. The van der Waals surface area contributed by atoms with E-state index in [1.807, 2.05) is 12.1 Å². The summed E-state index contributed by atoms with van der Waals surface area (Å²) in [7, 11) is 0. The minimum absolute atomic E-state index is 0.124. The first-order valence-electron chi connectivity index (χ1n) is 6.55. The molecule has 5 heteroatoms. The molecule has 4 nitrogen and oxygen atoms in total. The molecule has 1 aliphatic rings. The predicted octanol–water partition coefficient (Wildman–Crippen LogP) is 3.15. The molecule has 1 aliphatic carbocycles. The van der Waals surface area contributed by atoms with Gasteiger partial charge in [0, 0.05) is 11.1 Å². The fourth-order valence-corrected chi connectivity index (χ4v) is 3.46. The Morgan fingerprint density at radius 3 is 2.90 bits per heavy atom. The van der Waals surface area contributed by atoms with Gasteiger partial charge in [-0.1, -0.05) is 0 Å². The first-order valence-corrected chi connectivity index (χ1v) is 7.37. The third kappa shape index (κ3) is 2.56. The number of nitrogens with one attached hydrogen (secondary N) is 1. The van der Waals surface area contributed by atoms with E-state index in [1.54, 1.807) is 23.5 Å². The lowest BCUT2D eigenvalue weighted by atomic mass is 9.99. The Labute approximate surface area is 121 Å². The maximum Gasteiger partial charge on any atom is 0.266 e. The molecule has 0 atom stereocenters. The smallest absolute Gasteiger partial charge is 0.266 e. The van der Waals surface area contributed by atoms with E-state index in [0.29, 0.717) is 11.4 Å².